The smallest absolute Gasteiger partial charge is 0.223 e. The maximum atomic E-state index is 6.10. The molecule has 2 rings (SSSR count). The van der Waals surface area contributed by atoms with E-state index in [2.05, 4.69) is 35.7 Å². The number of ether oxygens (including phenoxy) is 1. The van der Waals surface area contributed by atoms with Gasteiger partial charge in [-0.05, 0) is 57.4 Å². The van der Waals surface area contributed by atoms with Crippen LogP contribution in [0, 0.1) is 20.8 Å². The first-order chi connectivity index (χ1) is 12.8. The summed E-state index contributed by atoms with van der Waals surface area (Å²) in [5, 5.41) is 1.46. The Morgan fingerprint density at radius 3 is 2.56 bits per heavy atom. The zero-order valence-corrected chi connectivity index (χ0v) is 18.2. The lowest BCUT2D eigenvalue weighted by atomic mass is 10.1. The summed E-state index contributed by atoms with van der Waals surface area (Å²) in [4.78, 5) is 15.6. The van der Waals surface area contributed by atoms with E-state index in [1.807, 2.05) is 57.3 Å². The maximum Gasteiger partial charge on any atom is 0.223 e. The van der Waals surface area contributed by atoms with Crippen molar-refractivity contribution in [3.8, 4) is 11.6 Å². The van der Waals surface area contributed by atoms with Crippen molar-refractivity contribution in [2.24, 2.45) is 4.99 Å². The van der Waals surface area contributed by atoms with E-state index in [9.17, 15) is 0 Å². The summed E-state index contributed by atoms with van der Waals surface area (Å²) in [6.45, 7) is 13.4. The SMILES string of the molecule is CCC(C)Sc1cc(Oc2cc(C)c(N=CN(C)CC)cc2C)nc(C)n1. The fourth-order valence-corrected chi connectivity index (χ4v) is 3.23. The van der Waals surface area contributed by atoms with Crippen molar-refractivity contribution in [2.75, 3.05) is 13.6 Å². The Kier molecular flexibility index (Phi) is 7.66. The van der Waals surface area contributed by atoms with Crippen molar-refractivity contribution >= 4 is 23.8 Å². The number of hydrogen-bond acceptors (Lipinski definition) is 5. The van der Waals surface area contributed by atoms with Crippen LogP contribution in [0.1, 0.15) is 44.1 Å². The Morgan fingerprint density at radius 1 is 1.15 bits per heavy atom. The molecule has 0 fully saturated rings. The highest BCUT2D eigenvalue weighted by Gasteiger charge is 2.11. The van der Waals surface area contributed by atoms with Gasteiger partial charge in [0.15, 0.2) is 0 Å². The molecule has 0 spiro atoms. The molecule has 0 amide bonds. The zero-order chi connectivity index (χ0) is 20.0. The molecule has 1 unspecified atom stereocenters. The largest absolute Gasteiger partial charge is 0.439 e. The summed E-state index contributed by atoms with van der Waals surface area (Å²) in [7, 11) is 2.01. The molecule has 146 valence electrons. The minimum atomic E-state index is 0.509. The first-order valence-corrected chi connectivity index (χ1v) is 10.3. The van der Waals surface area contributed by atoms with Crippen LogP contribution >= 0.6 is 11.8 Å². The molecule has 1 heterocycles. The topological polar surface area (TPSA) is 50.6 Å². The molecular weight excluding hydrogens is 356 g/mol. The highest BCUT2D eigenvalue weighted by Crippen LogP contribution is 2.32. The third kappa shape index (κ3) is 6.24. The summed E-state index contributed by atoms with van der Waals surface area (Å²) < 4.78 is 6.10. The molecular formula is C21H30N4OS. The third-order valence-electron chi connectivity index (χ3n) is 4.29. The number of rotatable bonds is 8. The van der Waals surface area contributed by atoms with Crippen LogP contribution in [0.15, 0.2) is 28.2 Å². The number of aromatic nitrogens is 2. The molecule has 0 aliphatic rings. The maximum absolute atomic E-state index is 6.10. The monoisotopic (exact) mass is 386 g/mol. The number of aliphatic imine (C=N–C) groups is 1. The van der Waals surface area contributed by atoms with Crippen LogP contribution < -0.4 is 4.74 Å². The second-order valence-electron chi connectivity index (χ2n) is 6.75. The van der Waals surface area contributed by atoms with Gasteiger partial charge < -0.3 is 9.64 Å². The van der Waals surface area contributed by atoms with Crippen molar-refractivity contribution in [3.63, 3.8) is 0 Å². The molecule has 5 nitrogen and oxygen atoms in total. The number of aryl methyl sites for hydroxylation is 3. The van der Waals surface area contributed by atoms with Crippen LogP contribution in [-0.2, 0) is 0 Å². The van der Waals surface area contributed by atoms with Gasteiger partial charge in [0.2, 0.25) is 5.88 Å². The molecule has 6 heteroatoms. The van der Waals surface area contributed by atoms with Gasteiger partial charge in [0.05, 0.1) is 12.0 Å². The van der Waals surface area contributed by atoms with Crippen molar-refractivity contribution in [1.82, 2.24) is 14.9 Å². The van der Waals surface area contributed by atoms with Gasteiger partial charge in [-0.3, -0.25) is 0 Å². The highest BCUT2D eigenvalue weighted by atomic mass is 32.2. The predicted molar refractivity (Wildman–Crippen MR) is 115 cm³/mol. The lowest BCUT2D eigenvalue weighted by Crippen LogP contribution is -2.14. The highest BCUT2D eigenvalue weighted by molar-refractivity contribution is 7.99. The van der Waals surface area contributed by atoms with Crippen molar-refractivity contribution in [1.29, 1.82) is 0 Å². The Balaban J connectivity index is 2.25. The molecule has 1 atom stereocenters. The number of thioether (sulfide) groups is 1. The number of hydrogen-bond donors (Lipinski definition) is 0. The molecule has 27 heavy (non-hydrogen) atoms. The molecule has 0 N–H and O–H groups in total. The van der Waals surface area contributed by atoms with Crippen LogP contribution in [0.2, 0.25) is 0 Å². The molecule has 2 aromatic rings. The van der Waals surface area contributed by atoms with E-state index in [1.165, 1.54) is 0 Å². The van der Waals surface area contributed by atoms with E-state index in [0.717, 1.165) is 46.4 Å². The van der Waals surface area contributed by atoms with Gasteiger partial charge in [-0.1, -0.05) is 13.8 Å². The fourth-order valence-electron chi connectivity index (χ4n) is 2.29. The predicted octanol–water partition coefficient (Wildman–Crippen LogP) is 5.70. The zero-order valence-electron chi connectivity index (χ0n) is 17.4. The quantitative estimate of drug-likeness (QED) is 0.252. The summed E-state index contributed by atoms with van der Waals surface area (Å²) in [6.07, 6.45) is 2.95. The number of benzene rings is 1. The van der Waals surface area contributed by atoms with E-state index >= 15 is 0 Å². The Labute approximate surface area is 167 Å². The molecule has 0 aliphatic heterocycles. The molecule has 0 saturated heterocycles. The average Bonchev–Trinajstić information content (AvgIpc) is 2.62. The Morgan fingerprint density at radius 2 is 1.89 bits per heavy atom. The van der Waals surface area contributed by atoms with E-state index in [0.29, 0.717) is 11.1 Å². The van der Waals surface area contributed by atoms with Gasteiger partial charge in [-0.25, -0.2) is 9.98 Å². The molecule has 0 bridgehead atoms. The summed E-state index contributed by atoms with van der Waals surface area (Å²) in [5.41, 5.74) is 3.04. The molecule has 0 saturated carbocycles. The Hall–Kier alpha value is -2.08. The van der Waals surface area contributed by atoms with E-state index in [1.54, 1.807) is 11.8 Å². The lowest BCUT2D eigenvalue weighted by molar-refractivity contribution is 0.453. The van der Waals surface area contributed by atoms with Gasteiger partial charge in [0.25, 0.3) is 0 Å². The first kappa shape index (κ1) is 21.2. The Bertz CT molecular complexity index is 807. The van der Waals surface area contributed by atoms with Crippen LogP contribution in [0.5, 0.6) is 11.6 Å². The molecule has 1 aromatic heterocycles. The average molecular weight is 387 g/mol. The summed E-state index contributed by atoms with van der Waals surface area (Å²) >= 11 is 1.75. The van der Waals surface area contributed by atoms with Crippen LogP contribution in [-0.4, -0.2) is 40.0 Å². The van der Waals surface area contributed by atoms with Crippen molar-refractivity contribution in [2.45, 2.75) is 58.2 Å². The molecule has 0 aliphatic carbocycles. The van der Waals surface area contributed by atoms with Gasteiger partial charge in [-0.2, -0.15) is 4.98 Å². The van der Waals surface area contributed by atoms with Crippen LogP contribution in [0.25, 0.3) is 0 Å². The van der Waals surface area contributed by atoms with Gasteiger partial charge in [0.1, 0.15) is 16.6 Å². The first-order valence-electron chi connectivity index (χ1n) is 9.38. The second kappa shape index (κ2) is 9.74. The molecule has 0 radical (unpaired) electrons. The van der Waals surface area contributed by atoms with Crippen molar-refractivity contribution < 1.29 is 4.74 Å². The van der Waals surface area contributed by atoms with Gasteiger partial charge >= 0.3 is 0 Å². The standard InChI is InChI=1S/C21H30N4OS/c1-8-16(5)27-21-12-20(23-17(6)24-21)26-19-11-14(3)18(10-15(19)4)22-13-25(7)9-2/h10-13,16H,8-9H2,1-7H3. The minimum Gasteiger partial charge on any atom is -0.439 e. The third-order valence-corrected chi connectivity index (χ3v) is 5.47. The normalized spacial score (nSPS) is 12.4. The van der Waals surface area contributed by atoms with E-state index < -0.39 is 0 Å². The summed E-state index contributed by atoms with van der Waals surface area (Å²) in [5.74, 6) is 2.10. The van der Waals surface area contributed by atoms with E-state index in [-0.39, 0.29) is 0 Å². The molecule has 1 aromatic carbocycles. The van der Waals surface area contributed by atoms with Crippen LogP contribution in [0.4, 0.5) is 5.69 Å². The van der Waals surface area contributed by atoms with Gasteiger partial charge in [-0.15, -0.1) is 11.8 Å². The summed E-state index contributed by atoms with van der Waals surface area (Å²) in [6, 6.07) is 5.99. The van der Waals surface area contributed by atoms with E-state index in [4.69, 9.17) is 4.74 Å². The number of nitrogens with zero attached hydrogens (tertiary/aromatic N) is 4. The lowest BCUT2D eigenvalue weighted by Gasteiger charge is -2.13. The van der Waals surface area contributed by atoms with Gasteiger partial charge in [0, 0.05) is 24.9 Å². The second-order valence-corrected chi connectivity index (χ2v) is 8.21. The fraction of sp³-hybridized carbons (Fsp3) is 0.476. The minimum absolute atomic E-state index is 0.509. The van der Waals surface area contributed by atoms with Crippen molar-refractivity contribution in [3.05, 3.63) is 35.2 Å². The van der Waals surface area contributed by atoms with Crippen LogP contribution in [0.3, 0.4) is 0 Å².